The summed E-state index contributed by atoms with van der Waals surface area (Å²) in [5.74, 6) is 0.894. The maximum atomic E-state index is 10.6. The van der Waals surface area contributed by atoms with Gasteiger partial charge >= 0.3 is 5.97 Å². The van der Waals surface area contributed by atoms with Crippen LogP contribution in [0.25, 0.3) is 0 Å². The Morgan fingerprint density at radius 3 is 2.76 bits per heavy atom. The van der Waals surface area contributed by atoms with Crippen molar-refractivity contribution >= 4 is 21.9 Å². The predicted molar refractivity (Wildman–Crippen MR) is 68.1 cm³/mol. The highest BCUT2D eigenvalue weighted by Crippen LogP contribution is 2.35. The van der Waals surface area contributed by atoms with Gasteiger partial charge in [0.1, 0.15) is 10.4 Å². The number of hydrogen-bond acceptors (Lipinski definition) is 2. The molecule has 1 aliphatic carbocycles. The fourth-order valence-electron chi connectivity index (χ4n) is 2.56. The predicted octanol–water partition coefficient (Wildman–Crippen LogP) is 2.86. The van der Waals surface area contributed by atoms with Crippen LogP contribution in [0.3, 0.4) is 0 Å². The highest BCUT2D eigenvalue weighted by molar-refractivity contribution is 9.10. The van der Waals surface area contributed by atoms with Crippen molar-refractivity contribution in [1.82, 2.24) is 9.55 Å². The van der Waals surface area contributed by atoms with Gasteiger partial charge in [-0.25, -0.2) is 4.98 Å². The summed E-state index contributed by atoms with van der Waals surface area (Å²) in [6.07, 6.45) is 5.65. The van der Waals surface area contributed by atoms with E-state index in [-0.39, 0.29) is 6.42 Å². The Bertz CT molecular complexity index is 422. The minimum absolute atomic E-state index is 0.155. The van der Waals surface area contributed by atoms with Gasteiger partial charge in [-0.2, -0.15) is 0 Å². The van der Waals surface area contributed by atoms with E-state index in [1.165, 1.54) is 25.7 Å². The van der Waals surface area contributed by atoms with Crippen LogP contribution < -0.4 is 0 Å². The van der Waals surface area contributed by atoms with Crippen LogP contribution in [0.5, 0.6) is 0 Å². The van der Waals surface area contributed by atoms with Crippen LogP contribution in [-0.4, -0.2) is 20.6 Å². The minimum Gasteiger partial charge on any atom is -0.481 e. The zero-order valence-electron chi connectivity index (χ0n) is 9.95. The van der Waals surface area contributed by atoms with E-state index in [0.717, 1.165) is 16.1 Å². The zero-order chi connectivity index (χ0) is 12.4. The molecular formula is C12H17BrN2O2. The van der Waals surface area contributed by atoms with Crippen LogP contribution in [0.2, 0.25) is 0 Å². The molecule has 1 N–H and O–H groups in total. The van der Waals surface area contributed by atoms with Crippen LogP contribution >= 0.6 is 15.9 Å². The highest BCUT2D eigenvalue weighted by Gasteiger charge is 2.24. The van der Waals surface area contributed by atoms with E-state index in [1.807, 2.05) is 7.05 Å². The van der Waals surface area contributed by atoms with E-state index >= 15 is 0 Å². The number of aromatic nitrogens is 2. The third-order valence-corrected chi connectivity index (χ3v) is 4.13. The minimum atomic E-state index is -0.763. The fourth-order valence-corrected chi connectivity index (χ4v) is 3.21. The first-order chi connectivity index (χ1) is 8.09. The van der Waals surface area contributed by atoms with Crippen molar-refractivity contribution in [2.45, 2.75) is 44.4 Å². The topological polar surface area (TPSA) is 55.1 Å². The van der Waals surface area contributed by atoms with Crippen molar-refractivity contribution < 1.29 is 9.90 Å². The SMILES string of the molecule is Cn1c(C2CCCC2)nc(Br)c1CCC(=O)O. The second kappa shape index (κ2) is 5.21. The van der Waals surface area contributed by atoms with Gasteiger partial charge in [0, 0.05) is 19.4 Å². The monoisotopic (exact) mass is 300 g/mol. The van der Waals surface area contributed by atoms with Gasteiger partial charge in [-0.05, 0) is 28.8 Å². The molecule has 94 valence electrons. The molecule has 0 aliphatic heterocycles. The first kappa shape index (κ1) is 12.6. The Morgan fingerprint density at radius 2 is 2.18 bits per heavy atom. The Hall–Kier alpha value is -0.840. The van der Waals surface area contributed by atoms with E-state index < -0.39 is 5.97 Å². The van der Waals surface area contributed by atoms with E-state index in [0.29, 0.717) is 12.3 Å². The molecular weight excluding hydrogens is 284 g/mol. The van der Waals surface area contributed by atoms with Crippen LogP contribution in [0.4, 0.5) is 0 Å². The van der Waals surface area contributed by atoms with E-state index in [4.69, 9.17) is 5.11 Å². The Balaban J connectivity index is 2.18. The summed E-state index contributed by atoms with van der Waals surface area (Å²) in [4.78, 5) is 15.2. The average molecular weight is 301 g/mol. The molecule has 0 spiro atoms. The first-order valence-electron chi connectivity index (χ1n) is 6.02. The van der Waals surface area contributed by atoms with Gasteiger partial charge in [0.05, 0.1) is 12.1 Å². The van der Waals surface area contributed by atoms with Gasteiger partial charge in [-0.15, -0.1) is 0 Å². The summed E-state index contributed by atoms with van der Waals surface area (Å²) in [5.41, 5.74) is 0.995. The molecule has 0 amide bonds. The molecule has 1 aliphatic rings. The van der Waals surface area contributed by atoms with Crippen LogP contribution in [-0.2, 0) is 18.3 Å². The quantitative estimate of drug-likeness (QED) is 0.930. The molecule has 0 saturated heterocycles. The molecule has 0 radical (unpaired) electrons. The first-order valence-corrected chi connectivity index (χ1v) is 6.81. The summed E-state index contributed by atoms with van der Waals surface area (Å²) < 4.78 is 2.88. The maximum absolute atomic E-state index is 10.6. The molecule has 0 unspecified atom stereocenters. The molecule has 1 heterocycles. The van der Waals surface area contributed by atoms with Crippen molar-refractivity contribution in [3.05, 3.63) is 16.1 Å². The zero-order valence-corrected chi connectivity index (χ0v) is 11.5. The molecule has 1 fully saturated rings. The third-order valence-electron chi connectivity index (χ3n) is 3.50. The number of aliphatic carboxylic acids is 1. The lowest BCUT2D eigenvalue weighted by molar-refractivity contribution is -0.136. The van der Waals surface area contributed by atoms with Gasteiger partial charge in [-0.3, -0.25) is 4.79 Å². The molecule has 1 saturated carbocycles. The number of carboxylic acid groups (broad SMARTS) is 1. The number of nitrogens with zero attached hydrogens (tertiary/aromatic N) is 2. The number of carboxylic acids is 1. The van der Waals surface area contributed by atoms with Gasteiger partial charge in [0.25, 0.3) is 0 Å². The molecule has 0 bridgehead atoms. The third kappa shape index (κ3) is 2.70. The summed E-state index contributed by atoms with van der Waals surface area (Å²) in [6, 6.07) is 0. The molecule has 17 heavy (non-hydrogen) atoms. The lowest BCUT2D eigenvalue weighted by Crippen LogP contribution is -2.07. The number of rotatable bonds is 4. The smallest absolute Gasteiger partial charge is 0.303 e. The number of carbonyl (C=O) groups is 1. The van der Waals surface area contributed by atoms with Crippen molar-refractivity contribution in [2.24, 2.45) is 7.05 Å². The van der Waals surface area contributed by atoms with Crippen molar-refractivity contribution in [3.8, 4) is 0 Å². The largest absolute Gasteiger partial charge is 0.481 e. The summed E-state index contributed by atoms with van der Waals surface area (Å²) in [6.45, 7) is 0. The van der Waals surface area contributed by atoms with Gasteiger partial charge < -0.3 is 9.67 Å². The lowest BCUT2D eigenvalue weighted by atomic mass is 10.1. The van der Waals surface area contributed by atoms with Crippen LogP contribution in [0.1, 0.15) is 49.5 Å². The van der Waals surface area contributed by atoms with E-state index in [9.17, 15) is 4.79 Å². The summed E-state index contributed by atoms with van der Waals surface area (Å²) >= 11 is 3.44. The fraction of sp³-hybridized carbons (Fsp3) is 0.667. The standard InChI is InChI=1S/C12H17BrN2O2/c1-15-9(6-7-10(16)17)11(13)14-12(15)8-4-2-3-5-8/h8H,2-7H2,1H3,(H,16,17). The maximum Gasteiger partial charge on any atom is 0.303 e. The molecule has 5 heteroatoms. The molecule has 0 aromatic carbocycles. The Kier molecular flexibility index (Phi) is 3.86. The van der Waals surface area contributed by atoms with Gasteiger partial charge in [-0.1, -0.05) is 12.8 Å². The van der Waals surface area contributed by atoms with Crippen molar-refractivity contribution in [1.29, 1.82) is 0 Å². The summed E-state index contributed by atoms with van der Waals surface area (Å²) in [7, 11) is 1.99. The van der Waals surface area contributed by atoms with E-state index in [2.05, 4.69) is 25.5 Å². The van der Waals surface area contributed by atoms with Gasteiger partial charge in [0.15, 0.2) is 0 Å². The van der Waals surface area contributed by atoms with Crippen LogP contribution in [0.15, 0.2) is 4.60 Å². The molecule has 1 aromatic heterocycles. The van der Waals surface area contributed by atoms with Gasteiger partial charge in [0.2, 0.25) is 0 Å². The molecule has 2 rings (SSSR count). The van der Waals surface area contributed by atoms with E-state index in [1.54, 1.807) is 0 Å². The number of imidazole rings is 1. The molecule has 4 nitrogen and oxygen atoms in total. The number of halogens is 1. The van der Waals surface area contributed by atoms with Crippen molar-refractivity contribution in [2.75, 3.05) is 0 Å². The molecule has 1 aromatic rings. The second-order valence-corrected chi connectivity index (χ2v) is 5.39. The average Bonchev–Trinajstić information content (AvgIpc) is 2.85. The number of hydrogen-bond donors (Lipinski definition) is 1. The lowest BCUT2D eigenvalue weighted by Gasteiger charge is -2.10. The van der Waals surface area contributed by atoms with Crippen LogP contribution in [0, 0.1) is 0 Å². The van der Waals surface area contributed by atoms with Crippen molar-refractivity contribution in [3.63, 3.8) is 0 Å². The highest BCUT2D eigenvalue weighted by atomic mass is 79.9. The normalized spacial score (nSPS) is 16.6. The Labute approximate surface area is 109 Å². The second-order valence-electron chi connectivity index (χ2n) is 4.64. The Morgan fingerprint density at radius 1 is 1.53 bits per heavy atom. The summed E-state index contributed by atoms with van der Waals surface area (Å²) in [5, 5.41) is 8.73. The molecule has 0 atom stereocenters.